The lowest BCUT2D eigenvalue weighted by Crippen LogP contribution is -2.39. The highest BCUT2D eigenvalue weighted by Crippen LogP contribution is 2.26. The van der Waals surface area contributed by atoms with Crippen molar-refractivity contribution in [3.63, 3.8) is 0 Å². The summed E-state index contributed by atoms with van der Waals surface area (Å²) in [5.41, 5.74) is 0. The standard InChI is InChI=1S/C19H19F2NO3S/c1-11(23)17-6-7-18(26-17)19(24)22-14-2-4-15(5-3-14)25-16-9-12(20)8-13(21)10-16/h6-10,14-15H,2-5H2,1H3,(H,22,24). The van der Waals surface area contributed by atoms with Crippen LogP contribution in [0.1, 0.15) is 52.0 Å². The van der Waals surface area contributed by atoms with Crippen LogP contribution in [-0.2, 0) is 0 Å². The van der Waals surface area contributed by atoms with Crippen molar-refractivity contribution in [3.05, 3.63) is 51.7 Å². The second-order valence-electron chi connectivity index (χ2n) is 6.39. The first-order valence-electron chi connectivity index (χ1n) is 8.45. The minimum Gasteiger partial charge on any atom is -0.490 e. The average Bonchev–Trinajstić information content (AvgIpc) is 3.06. The van der Waals surface area contributed by atoms with Crippen molar-refractivity contribution in [1.29, 1.82) is 0 Å². The van der Waals surface area contributed by atoms with Crippen molar-refractivity contribution in [1.82, 2.24) is 5.32 Å². The summed E-state index contributed by atoms with van der Waals surface area (Å²) in [7, 11) is 0. The van der Waals surface area contributed by atoms with E-state index in [1.54, 1.807) is 12.1 Å². The Balaban J connectivity index is 1.50. The van der Waals surface area contributed by atoms with Crippen LogP contribution in [0.15, 0.2) is 30.3 Å². The van der Waals surface area contributed by atoms with Crippen molar-refractivity contribution >= 4 is 23.0 Å². The first-order chi connectivity index (χ1) is 12.4. The zero-order chi connectivity index (χ0) is 18.7. The number of rotatable bonds is 5. The average molecular weight is 379 g/mol. The summed E-state index contributed by atoms with van der Waals surface area (Å²) in [6, 6.07) is 6.48. The molecule has 1 saturated carbocycles. The Hall–Kier alpha value is -2.28. The van der Waals surface area contributed by atoms with Crippen LogP contribution >= 0.6 is 11.3 Å². The van der Waals surface area contributed by atoms with E-state index >= 15 is 0 Å². The molecule has 1 N–H and O–H groups in total. The topological polar surface area (TPSA) is 55.4 Å². The van der Waals surface area contributed by atoms with E-state index in [0.29, 0.717) is 22.6 Å². The Bertz CT molecular complexity index is 793. The van der Waals surface area contributed by atoms with Crippen LogP contribution < -0.4 is 10.1 Å². The highest BCUT2D eigenvalue weighted by molar-refractivity contribution is 7.15. The molecule has 1 heterocycles. The Morgan fingerprint density at radius 1 is 1.04 bits per heavy atom. The third-order valence-electron chi connectivity index (χ3n) is 4.33. The molecule has 1 fully saturated rings. The number of benzene rings is 1. The van der Waals surface area contributed by atoms with Crippen LogP contribution in [0.5, 0.6) is 5.75 Å². The first kappa shape index (κ1) is 18.5. The Kier molecular flexibility index (Phi) is 5.66. The molecule has 2 aromatic rings. The number of ether oxygens (including phenoxy) is 1. The predicted octanol–water partition coefficient (Wildman–Crippen LogP) is 4.35. The number of carbonyl (C=O) groups is 2. The Morgan fingerprint density at radius 3 is 2.23 bits per heavy atom. The summed E-state index contributed by atoms with van der Waals surface area (Å²) in [5, 5.41) is 2.97. The zero-order valence-corrected chi connectivity index (χ0v) is 15.1. The summed E-state index contributed by atoms with van der Waals surface area (Å²) in [5.74, 6) is -1.38. The maximum atomic E-state index is 13.2. The van der Waals surface area contributed by atoms with E-state index < -0.39 is 11.6 Å². The molecule has 0 unspecified atom stereocenters. The van der Waals surface area contributed by atoms with Crippen LogP contribution in [0, 0.1) is 11.6 Å². The molecule has 0 bridgehead atoms. The smallest absolute Gasteiger partial charge is 0.261 e. The molecule has 0 aliphatic heterocycles. The van der Waals surface area contributed by atoms with E-state index in [1.165, 1.54) is 30.4 Å². The Labute approximate surface area is 154 Å². The van der Waals surface area contributed by atoms with Crippen LogP contribution in [0.4, 0.5) is 8.78 Å². The van der Waals surface area contributed by atoms with Crippen molar-refractivity contribution in [2.24, 2.45) is 0 Å². The van der Waals surface area contributed by atoms with Gasteiger partial charge in [-0.3, -0.25) is 9.59 Å². The molecule has 0 radical (unpaired) electrons. The molecule has 1 aromatic heterocycles. The normalized spacial score (nSPS) is 19.8. The molecule has 1 aromatic carbocycles. The van der Waals surface area contributed by atoms with Gasteiger partial charge < -0.3 is 10.1 Å². The second kappa shape index (κ2) is 7.95. The van der Waals surface area contributed by atoms with Gasteiger partial charge in [-0.15, -0.1) is 11.3 Å². The summed E-state index contributed by atoms with van der Waals surface area (Å²) in [6.45, 7) is 1.47. The summed E-state index contributed by atoms with van der Waals surface area (Å²) < 4.78 is 32.1. The van der Waals surface area contributed by atoms with E-state index in [-0.39, 0.29) is 29.6 Å². The number of ketones is 1. The molecule has 1 aliphatic rings. The first-order valence-corrected chi connectivity index (χ1v) is 9.27. The lowest BCUT2D eigenvalue weighted by molar-refractivity contribution is 0.0897. The molecule has 0 saturated heterocycles. The van der Waals surface area contributed by atoms with Gasteiger partial charge in [0, 0.05) is 24.2 Å². The number of hydrogen-bond donors (Lipinski definition) is 1. The summed E-state index contributed by atoms with van der Waals surface area (Å²) >= 11 is 1.19. The second-order valence-corrected chi connectivity index (χ2v) is 7.47. The number of nitrogens with one attached hydrogen (secondary N) is 1. The molecule has 26 heavy (non-hydrogen) atoms. The highest BCUT2D eigenvalue weighted by Gasteiger charge is 2.24. The van der Waals surface area contributed by atoms with Crippen molar-refractivity contribution in [3.8, 4) is 5.75 Å². The fraction of sp³-hybridized carbons (Fsp3) is 0.368. The maximum absolute atomic E-state index is 13.2. The molecule has 1 aliphatic carbocycles. The molecule has 7 heteroatoms. The lowest BCUT2D eigenvalue weighted by Gasteiger charge is -2.29. The van der Waals surface area contributed by atoms with E-state index in [1.807, 2.05) is 0 Å². The van der Waals surface area contributed by atoms with Crippen LogP contribution in [0.3, 0.4) is 0 Å². The predicted molar refractivity (Wildman–Crippen MR) is 94.8 cm³/mol. The number of thiophene rings is 1. The lowest BCUT2D eigenvalue weighted by atomic mass is 9.93. The summed E-state index contributed by atoms with van der Waals surface area (Å²) in [6.07, 6.45) is 2.69. The molecule has 0 spiro atoms. The molecule has 0 atom stereocenters. The minimum absolute atomic E-state index is 0.0227. The van der Waals surface area contributed by atoms with Crippen molar-refractivity contribution in [2.75, 3.05) is 0 Å². The zero-order valence-electron chi connectivity index (χ0n) is 14.3. The van der Waals surface area contributed by atoms with Gasteiger partial charge in [-0.25, -0.2) is 8.78 Å². The largest absolute Gasteiger partial charge is 0.490 e. The van der Waals surface area contributed by atoms with Gasteiger partial charge in [0.1, 0.15) is 17.4 Å². The van der Waals surface area contributed by atoms with E-state index in [2.05, 4.69) is 5.32 Å². The minimum atomic E-state index is -0.665. The van der Waals surface area contributed by atoms with E-state index in [4.69, 9.17) is 4.74 Å². The van der Waals surface area contributed by atoms with Crippen LogP contribution in [0.2, 0.25) is 0 Å². The third kappa shape index (κ3) is 4.66. The van der Waals surface area contributed by atoms with Crippen LogP contribution in [-0.4, -0.2) is 23.8 Å². The summed E-state index contributed by atoms with van der Waals surface area (Å²) in [4.78, 5) is 24.7. The number of amides is 1. The van der Waals surface area contributed by atoms with Gasteiger partial charge in [0.05, 0.1) is 15.9 Å². The molecule has 3 rings (SSSR count). The number of carbonyl (C=O) groups excluding carboxylic acids is 2. The molecular weight excluding hydrogens is 360 g/mol. The fourth-order valence-corrected chi connectivity index (χ4v) is 3.82. The fourth-order valence-electron chi connectivity index (χ4n) is 3.02. The third-order valence-corrected chi connectivity index (χ3v) is 5.51. The quantitative estimate of drug-likeness (QED) is 0.786. The van der Waals surface area contributed by atoms with Crippen molar-refractivity contribution in [2.45, 2.75) is 44.8 Å². The monoisotopic (exact) mass is 379 g/mol. The number of hydrogen-bond acceptors (Lipinski definition) is 4. The number of Topliss-reactive ketones (excluding diaryl/α,β-unsaturated/α-hetero) is 1. The molecule has 138 valence electrons. The SMILES string of the molecule is CC(=O)c1ccc(C(=O)NC2CCC(Oc3cc(F)cc(F)c3)CC2)s1. The maximum Gasteiger partial charge on any atom is 0.261 e. The molecule has 1 amide bonds. The van der Waals surface area contributed by atoms with Gasteiger partial charge in [-0.05, 0) is 44.7 Å². The molecular formula is C19H19F2NO3S. The van der Waals surface area contributed by atoms with Gasteiger partial charge >= 0.3 is 0 Å². The van der Waals surface area contributed by atoms with Gasteiger partial charge in [-0.1, -0.05) is 0 Å². The number of halogens is 2. The van der Waals surface area contributed by atoms with Gasteiger partial charge in [0.2, 0.25) is 0 Å². The highest BCUT2D eigenvalue weighted by atomic mass is 32.1. The van der Waals surface area contributed by atoms with Crippen LogP contribution in [0.25, 0.3) is 0 Å². The van der Waals surface area contributed by atoms with E-state index in [0.717, 1.165) is 18.9 Å². The van der Waals surface area contributed by atoms with Crippen molar-refractivity contribution < 1.29 is 23.1 Å². The van der Waals surface area contributed by atoms with Gasteiger partial charge in [0.15, 0.2) is 5.78 Å². The molecule has 4 nitrogen and oxygen atoms in total. The van der Waals surface area contributed by atoms with Gasteiger partial charge in [0.25, 0.3) is 5.91 Å². The van der Waals surface area contributed by atoms with Gasteiger partial charge in [-0.2, -0.15) is 0 Å². The van der Waals surface area contributed by atoms with E-state index in [9.17, 15) is 18.4 Å². The Morgan fingerprint density at radius 2 is 1.65 bits per heavy atom.